The number of rotatable bonds is 6. The van der Waals surface area contributed by atoms with Crippen molar-refractivity contribution >= 4 is 11.8 Å². The van der Waals surface area contributed by atoms with Crippen LogP contribution in [0.5, 0.6) is 0 Å². The quantitative estimate of drug-likeness (QED) is 0.624. The Morgan fingerprint density at radius 3 is 2.26 bits per heavy atom. The molecule has 0 bridgehead atoms. The minimum Gasteiger partial charge on any atom is -0.274 e. The van der Waals surface area contributed by atoms with Crippen LogP contribution in [0.25, 0.3) is 5.69 Å². The molecule has 0 aliphatic heterocycles. The number of hydrogen-bond donors (Lipinski definition) is 0. The van der Waals surface area contributed by atoms with Gasteiger partial charge in [-0.3, -0.25) is 4.57 Å². The highest BCUT2D eigenvalue weighted by molar-refractivity contribution is 7.99. The predicted molar refractivity (Wildman–Crippen MR) is 96.4 cm³/mol. The Labute approximate surface area is 141 Å². The summed E-state index contributed by atoms with van der Waals surface area (Å²) in [6.07, 6.45) is 1.84. The lowest BCUT2D eigenvalue weighted by atomic mass is 10.1. The smallest absolute Gasteiger partial charge is 0.195 e. The van der Waals surface area contributed by atoms with E-state index in [1.807, 2.05) is 6.07 Å². The molecule has 4 heteroatoms. The van der Waals surface area contributed by atoms with Crippen molar-refractivity contribution in [3.63, 3.8) is 0 Å². The van der Waals surface area contributed by atoms with Crippen molar-refractivity contribution in [3.05, 3.63) is 71.5 Å². The first kappa shape index (κ1) is 15.8. The first-order valence-corrected chi connectivity index (χ1v) is 9.00. The monoisotopic (exact) mass is 323 g/mol. The minimum absolute atomic E-state index is 0.785. The molecule has 0 amide bonds. The van der Waals surface area contributed by atoms with Crippen LogP contribution in [-0.4, -0.2) is 20.5 Å². The summed E-state index contributed by atoms with van der Waals surface area (Å²) in [6, 6.07) is 19.1. The molecule has 3 aromatic rings. The van der Waals surface area contributed by atoms with Crippen LogP contribution in [0.2, 0.25) is 0 Å². The Morgan fingerprint density at radius 2 is 1.61 bits per heavy atom. The molecule has 0 unspecified atom stereocenters. The molecule has 1 aromatic heterocycles. The number of aryl methyl sites for hydroxylation is 1. The van der Waals surface area contributed by atoms with Gasteiger partial charge in [-0.2, -0.15) is 0 Å². The fraction of sp³-hybridized carbons (Fsp3) is 0.263. The topological polar surface area (TPSA) is 30.7 Å². The van der Waals surface area contributed by atoms with Crippen molar-refractivity contribution < 1.29 is 0 Å². The first-order valence-electron chi connectivity index (χ1n) is 8.02. The van der Waals surface area contributed by atoms with Gasteiger partial charge in [-0.25, -0.2) is 0 Å². The number of benzene rings is 2. The molecule has 1 heterocycles. The van der Waals surface area contributed by atoms with Crippen molar-refractivity contribution in [2.75, 3.05) is 5.75 Å². The summed E-state index contributed by atoms with van der Waals surface area (Å²) in [5, 5.41) is 9.80. The van der Waals surface area contributed by atoms with Crippen LogP contribution in [-0.2, 0) is 12.8 Å². The Balaban J connectivity index is 1.99. The standard InChI is InChI=1S/C19H21N3S/c1-3-15-10-12-17(13-11-15)22-18(20-21-19(22)23-4-2)14-16-8-6-5-7-9-16/h5-13H,3-4,14H2,1-2H3. The van der Waals surface area contributed by atoms with E-state index in [2.05, 4.69) is 77.1 Å². The van der Waals surface area contributed by atoms with E-state index in [-0.39, 0.29) is 0 Å². The van der Waals surface area contributed by atoms with Crippen LogP contribution in [0.4, 0.5) is 0 Å². The van der Waals surface area contributed by atoms with E-state index in [9.17, 15) is 0 Å². The van der Waals surface area contributed by atoms with Crippen molar-refractivity contribution in [1.82, 2.24) is 14.8 Å². The molecule has 0 spiro atoms. The Kier molecular flexibility index (Phi) is 5.13. The van der Waals surface area contributed by atoms with Crippen LogP contribution in [0.1, 0.15) is 30.8 Å². The van der Waals surface area contributed by atoms with E-state index in [0.717, 1.165) is 35.3 Å². The Bertz CT molecular complexity index is 748. The zero-order valence-corrected chi connectivity index (χ0v) is 14.4. The minimum atomic E-state index is 0.785. The van der Waals surface area contributed by atoms with Gasteiger partial charge in [0.15, 0.2) is 5.16 Å². The fourth-order valence-corrected chi connectivity index (χ4v) is 3.25. The van der Waals surface area contributed by atoms with Gasteiger partial charge in [0, 0.05) is 12.1 Å². The van der Waals surface area contributed by atoms with Gasteiger partial charge in [-0.05, 0) is 35.4 Å². The SMILES string of the molecule is CCSc1nnc(Cc2ccccc2)n1-c1ccc(CC)cc1. The molecule has 0 atom stereocenters. The first-order chi connectivity index (χ1) is 11.3. The number of thioether (sulfide) groups is 1. The van der Waals surface area contributed by atoms with Crippen LogP contribution >= 0.6 is 11.8 Å². The van der Waals surface area contributed by atoms with E-state index < -0.39 is 0 Å². The Morgan fingerprint density at radius 1 is 0.870 bits per heavy atom. The van der Waals surface area contributed by atoms with Gasteiger partial charge in [-0.1, -0.05) is 68.1 Å². The second-order valence-corrected chi connectivity index (χ2v) is 6.58. The highest BCUT2D eigenvalue weighted by Gasteiger charge is 2.14. The highest BCUT2D eigenvalue weighted by Crippen LogP contribution is 2.23. The molecule has 0 fully saturated rings. The fourth-order valence-electron chi connectivity index (χ4n) is 2.56. The number of nitrogens with zero attached hydrogens (tertiary/aromatic N) is 3. The molecular weight excluding hydrogens is 302 g/mol. The highest BCUT2D eigenvalue weighted by atomic mass is 32.2. The third-order valence-corrected chi connectivity index (χ3v) is 4.59. The zero-order chi connectivity index (χ0) is 16.1. The average Bonchev–Trinajstić information content (AvgIpc) is 2.98. The van der Waals surface area contributed by atoms with Crippen molar-refractivity contribution in [2.24, 2.45) is 0 Å². The van der Waals surface area contributed by atoms with E-state index in [1.54, 1.807) is 11.8 Å². The Hall–Kier alpha value is -2.07. The third-order valence-electron chi connectivity index (χ3n) is 3.78. The lowest BCUT2D eigenvalue weighted by Gasteiger charge is -2.10. The second-order valence-electron chi connectivity index (χ2n) is 5.35. The second kappa shape index (κ2) is 7.47. The van der Waals surface area contributed by atoms with Crippen LogP contribution < -0.4 is 0 Å². The van der Waals surface area contributed by atoms with Gasteiger partial charge in [0.1, 0.15) is 5.82 Å². The zero-order valence-electron chi connectivity index (χ0n) is 13.6. The van der Waals surface area contributed by atoms with Gasteiger partial charge >= 0.3 is 0 Å². The predicted octanol–water partition coefficient (Wildman–Crippen LogP) is 4.53. The summed E-state index contributed by atoms with van der Waals surface area (Å²) in [7, 11) is 0. The molecular formula is C19H21N3S. The maximum atomic E-state index is 4.44. The van der Waals surface area contributed by atoms with Gasteiger partial charge in [0.2, 0.25) is 0 Å². The molecule has 0 saturated carbocycles. The summed E-state index contributed by atoms with van der Waals surface area (Å²) in [6.45, 7) is 4.31. The summed E-state index contributed by atoms with van der Waals surface area (Å²) >= 11 is 1.73. The van der Waals surface area contributed by atoms with Crippen LogP contribution in [0.3, 0.4) is 0 Å². The van der Waals surface area contributed by atoms with Gasteiger partial charge in [-0.15, -0.1) is 10.2 Å². The van der Waals surface area contributed by atoms with Gasteiger partial charge < -0.3 is 0 Å². The van der Waals surface area contributed by atoms with Crippen molar-refractivity contribution in [3.8, 4) is 5.69 Å². The summed E-state index contributed by atoms with van der Waals surface area (Å²) < 4.78 is 2.18. The number of hydrogen-bond acceptors (Lipinski definition) is 3. The van der Waals surface area contributed by atoms with Gasteiger partial charge in [0.25, 0.3) is 0 Å². The summed E-state index contributed by atoms with van der Waals surface area (Å²) in [5.41, 5.74) is 3.73. The number of aromatic nitrogens is 3. The summed E-state index contributed by atoms with van der Waals surface area (Å²) in [4.78, 5) is 0. The lowest BCUT2D eigenvalue weighted by Crippen LogP contribution is -2.04. The van der Waals surface area contributed by atoms with Gasteiger partial charge in [0.05, 0.1) is 0 Å². The maximum Gasteiger partial charge on any atom is 0.195 e. The van der Waals surface area contributed by atoms with E-state index in [1.165, 1.54) is 11.1 Å². The normalized spacial score (nSPS) is 10.9. The molecule has 2 aromatic carbocycles. The molecule has 3 nitrogen and oxygen atoms in total. The maximum absolute atomic E-state index is 4.44. The molecule has 23 heavy (non-hydrogen) atoms. The largest absolute Gasteiger partial charge is 0.274 e. The molecule has 0 N–H and O–H groups in total. The average molecular weight is 323 g/mol. The molecule has 0 radical (unpaired) electrons. The third kappa shape index (κ3) is 3.64. The lowest BCUT2D eigenvalue weighted by molar-refractivity contribution is 0.847. The molecule has 118 valence electrons. The van der Waals surface area contributed by atoms with Crippen LogP contribution in [0.15, 0.2) is 59.8 Å². The van der Waals surface area contributed by atoms with Crippen molar-refractivity contribution in [1.29, 1.82) is 0 Å². The molecule has 0 aliphatic rings. The molecule has 3 rings (SSSR count). The van der Waals surface area contributed by atoms with E-state index in [4.69, 9.17) is 0 Å². The van der Waals surface area contributed by atoms with E-state index in [0.29, 0.717) is 0 Å². The molecule has 0 saturated heterocycles. The van der Waals surface area contributed by atoms with Crippen LogP contribution in [0, 0.1) is 0 Å². The van der Waals surface area contributed by atoms with E-state index >= 15 is 0 Å². The molecule has 0 aliphatic carbocycles. The summed E-state index contributed by atoms with van der Waals surface area (Å²) in [5.74, 6) is 1.97. The van der Waals surface area contributed by atoms with Crippen molar-refractivity contribution in [2.45, 2.75) is 31.8 Å².